The molecule has 50 heavy (non-hydrogen) atoms. The molecule has 0 aromatic carbocycles. The number of H-pyrrole nitrogens is 1. The van der Waals surface area contributed by atoms with Gasteiger partial charge in [-0.3, -0.25) is 23.1 Å². The van der Waals surface area contributed by atoms with Crippen LogP contribution in [-0.2, 0) is 44.8 Å². The second kappa shape index (κ2) is 14.8. The van der Waals surface area contributed by atoms with Crippen LogP contribution in [0.2, 0.25) is 0 Å². The van der Waals surface area contributed by atoms with Crippen LogP contribution in [-0.4, -0.2) is 114 Å². The second-order valence-corrected chi connectivity index (χ2v) is 15.8. The molecule has 3 fully saturated rings. The highest BCUT2D eigenvalue weighted by molar-refractivity contribution is 8.07. The van der Waals surface area contributed by atoms with Crippen LogP contribution in [0.3, 0.4) is 0 Å². The summed E-state index contributed by atoms with van der Waals surface area (Å²) in [6.45, 7) is 5.40. The van der Waals surface area contributed by atoms with Gasteiger partial charge in [0.15, 0.2) is 28.9 Å². The molecule has 1 unspecified atom stereocenters. The maximum absolute atomic E-state index is 13.0. The van der Waals surface area contributed by atoms with Crippen LogP contribution in [0.25, 0.3) is 22.3 Å². The maximum Gasteiger partial charge on any atom is 0.336 e. The molecule has 0 radical (unpaired) electrons. The molecule has 3 aliphatic heterocycles. The van der Waals surface area contributed by atoms with Gasteiger partial charge in [-0.1, -0.05) is 20.8 Å². The summed E-state index contributed by atoms with van der Waals surface area (Å²) in [7, 11) is -4.34. The number of nitrogens with zero attached hydrogens (tertiary/aromatic N) is 8. The van der Waals surface area contributed by atoms with Gasteiger partial charge in [0, 0.05) is 12.8 Å². The number of hydrogen-bond acceptors (Lipinski definition) is 17. The van der Waals surface area contributed by atoms with Crippen molar-refractivity contribution in [1.29, 1.82) is 0 Å². The number of nitrogens with two attached hydrogens (primary N) is 2. The number of fused-ring (bicyclic) bond motifs is 5. The highest BCUT2D eigenvalue weighted by Crippen LogP contribution is 2.50. The van der Waals surface area contributed by atoms with Gasteiger partial charge in [0.25, 0.3) is 5.56 Å². The quantitative estimate of drug-likeness (QED) is 0.166. The summed E-state index contributed by atoms with van der Waals surface area (Å²) < 4.78 is 60.4. The number of aromatic nitrogens is 8. The fourth-order valence-electron chi connectivity index (χ4n) is 5.98. The fraction of sp³-hybridized carbons (Fsp3) is 0.615. The van der Waals surface area contributed by atoms with Crippen LogP contribution in [0.4, 0.5) is 11.8 Å². The molecular weight excluding hydrogens is 719 g/mol. The molecule has 4 aromatic rings. The van der Waals surface area contributed by atoms with Crippen LogP contribution in [0.15, 0.2) is 23.8 Å². The monoisotopic (exact) mass is 758 g/mol. The average Bonchev–Trinajstić information content (AvgIpc) is 3.85. The number of ether oxygens (including phenoxy) is 2. The Hall–Kier alpha value is -3.22. The number of rotatable bonds is 5. The minimum Gasteiger partial charge on any atom is -0.382 e. The predicted molar refractivity (Wildman–Crippen MR) is 182 cm³/mol. The van der Waals surface area contributed by atoms with E-state index in [2.05, 4.69) is 60.3 Å². The Morgan fingerprint density at radius 2 is 1.72 bits per heavy atom. The maximum atomic E-state index is 13.0. The third-order valence-electron chi connectivity index (χ3n) is 8.52. The van der Waals surface area contributed by atoms with Crippen LogP contribution in [0, 0.1) is 0 Å². The Morgan fingerprint density at radius 1 is 1.00 bits per heavy atom. The van der Waals surface area contributed by atoms with Crippen molar-refractivity contribution < 1.29 is 36.0 Å². The van der Waals surface area contributed by atoms with Gasteiger partial charge >= 0.3 is 17.0 Å². The van der Waals surface area contributed by atoms with Gasteiger partial charge in [-0.15, -0.1) is 0 Å². The normalized spacial score (nSPS) is 29.9. The number of hydrogen-bond donors (Lipinski definition) is 5. The first-order chi connectivity index (χ1) is 23.8. The highest BCUT2D eigenvalue weighted by atomic mass is 32.5. The topological polar surface area (TPSA) is 275 Å². The lowest BCUT2D eigenvalue weighted by Gasteiger charge is -2.26. The number of imidazole rings is 2. The van der Waals surface area contributed by atoms with Crippen molar-refractivity contribution in [1.82, 2.24) is 48.7 Å². The summed E-state index contributed by atoms with van der Waals surface area (Å²) in [5.74, 6) is 0.0123. The summed E-state index contributed by atoms with van der Waals surface area (Å²) in [4.78, 5) is 48.6. The summed E-state index contributed by atoms with van der Waals surface area (Å²) in [6.07, 6.45) is -0.360. The highest BCUT2D eigenvalue weighted by Gasteiger charge is 2.45. The van der Waals surface area contributed by atoms with Crippen LogP contribution in [0.5, 0.6) is 0 Å². The van der Waals surface area contributed by atoms with E-state index >= 15 is 0 Å². The van der Waals surface area contributed by atoms with Crippen molar-refractivity contribution in [2.45, 2.75) is 70.4 Å². The summed E-state index contributed by atoms with van der Waals surface area (Å²) in [5.41, 5.74) is 11.8. The smallest absolute Gasteiger partial charge is 0.336 e. The number of aromatic amines is 1. The summed E-state index contributed by atoms with van der Waals surface area (Å²) in [6, 6.07) is -0.861. The Kier molecular flexibility index (Phi) is 10.8. The minimum atomic E-state index is -4.34. The van der Waals surface area contributed by atoms with E-state index < -0.39 is 66.0 Å². The third kappa shape index (κ3) is 7.82. The van der Waals surface area contributed by atoms with Gasteiger partial charge in [0.1, 0.15) is 30.3 Å². The molecule has 3 saturated heterocycles. The fourth-order valence-corrected chi connectivity index (χ4v) is 8.44. The second-order valence-electron chi connectivity index (χ2n) is 11.6. The van der Waals surface area contributed by atoms with Crippen molar-refractivity contribution in [3.8, 4) is 0 Å². The van der Waals surface area contributed by atoms with Gasteiger partial charge < -0.3 is 39.8 Å². The summed E-state index contributed by atoms with van der Waals surface area (Å²) in [5, 5.41) is 0. The molecule has 7 heterocycles. The molecule has 0 spiro atoms. The first-order valence-electron chi connectivity index (χ1n) is 15.8. The van der Waals surface area contributed by atoms with E-state index in [0.29, 0.717) is 11.2 Å². The molecule has 7 N–H and O–H groups in total. The molecular formula is C26H39N12O9PS2. The van der Waals surface area contributed by atoms with E-state index in [9.17, 15) is 18.1 Å². The van der Waals surface area contributed by atoms with Gasteiger partial charge in [-0.25, -0.2) is 19.9 Å². The molecule has 21 nitrogen and oxygen atoms in total. The van der Waals surface area contributed by atoms with Crippen LogP contribution >= 0.6 is 6.72 Å². The van der Waals surface area contributed by atoms with Crippen LogP contribution in [0.1, 0.15) is 46.1 Å². The summed E-state index contributed by atoms with van der Waals surface area (Å²) >= 11 is 5.31. The van der Waals surface area contributed by atoms with E-state index in [1.54, 1.807) is 4.57 Å². The Balaban J connectivity index is 0.000000561. The lowest BCUT2D eigenvalue weighted by Crippen LogP contribution is -2.43. The third-order valence-corrected chi connectivity index (χ3v) is 11.1. The molecule has 274 valence electrons. The molecule has 2 bridgehead atoms. The van der Waals surface area contributed by atoms with Crippen LogP contribution < -0.4 is 21.7 Å². The molecule has 0 amide bonds. The standard InChI is InChI=1S/C20H24N11O9PS2.C6H15N/c21-15-13-16(24-5-23-15)30(6-25-13)12-2-9-11(39-12)4-36-41(33,42)40-10-1-8(3-37-43(34,35)29-9)38-19(10)31-7-26-14-17(31)27-20(22)28-18(14)32;1-4-7(5-2)6-3/h5-12,19,29H,1-4H2,(H,33,42)(H2,21,23,24)(H3,22,27,28,32);4-6H2,1-3H3/t8-,9-,10+,11+,12+,19+,41?;/m0./s1. The van der Waals surface area contributed by atoms with Crippen molar-refractivity contribution in [3.05, 3.63) is 29.3 Å². The van der Waals surface area contributed by atoms with Gasteiger partial charge in [-0.05, 0) is 31.4 Å². The molecule has 24 heteroatoms. The molecule has 4 aromatic heterocycles. The number of nitrogen functional groups attached to an aromatic ring is 2. The predicted octanol–water partition coefficient (Wildman–Crippen LogP) is -0.101. The average molecular weight is 759 g/mol. The van der Waals surface area contributed by atoms with E-state index in [0.717, 1.165) is 0 Å². The Labute approximate surface area is 291 Å². The van der Waals surface area contributed by atoms with Crippen molar-refractivity contribution in [2.75, 3.05) is 44.3 Å². The van der Waals surface area contributed by atoms with E-state index in [-0.39, 0.29) is 42.4 Å². The van der Waals surface area contributed by atoms with Crippen molar-refractivity contribution in [2.24, 2.45) is 0 Å². The van der Waals surface area contributed by atoms with Gasteiger partial charge in [0.2, 0.25) is 5.95 Å². The first kappa shape index (κ1) is 36.6. The van der Waals surface area contributed by atoms with Gasteiger partial charge in [0.05, 0.1) is 38.0 Å². The molecule has 0 saturated carbocycles. The molecule has 3 aliphatic rings. The SMILES string of the molecule is CCN(CC)CC.Nc1nc2c(ncn2[C@@H]2O[C@@H]3COS(=O)(=O)N[C@H]4C[C@H](n5cnc6c(N)ncnc65)O[C@@H]4COP(O)(=S)O[C@@H]2C3)c(=O)[nH]1. The molecule has 0 aliphatic carbocycles. The minimum absolute atomic E-state index is 0.0177. The zero-order chi connectivity index (χ0) is 35.8. The molecule has 7 rings (SSSR count). The number of anilines is 2. The first-order valence-corrected chi connectivity index (χ1v) is 19.8. The Bertz CT molecular complexity index is 2040. The zero-order valence-electron chi connectivity index (χ0n) is 27.4. The Morgan fingerprint density at radius 3 is 2.44 bits per heavy atom. The van der Waals surface area contributed by atoms with E-state index in [4.69, 9.17) is 46.0 Å². The van der Waals surface area contributed by atoms with E-state index in [1.165, 1.54) is 43.2 Å². The largest absolute Gasteiger partial charge is 0.382 e. The van der Waals surface area contributed by atoms with Gasteiger partial charge in [-0.2, -0.15) is 18.1 Å². The molecule has 7 atom stereocenters. The van der Waals surface area contributed by atoms with Crippen molar-refractivity contribution >= 4 is 62.9 Å². The zero-order valence-corrected chi connectivity index (χ0v) is 29.9. The van der Waals surface area contributed by atoms with Crippen molar-refractivity contribution in [3.63, 3.8) is 0 Å². The number of nitrogens with one attached hydrogen (secondary N) is 2. The lowest BCUT2D eigenvalue weighted by molar-refractivity contribution is -0.0486. The van der Waals surface area contributed by atoms with E-state index in [1.807, 2.05) is 0 Å². The lowest BCUT2D eigenvalue weighted by atomic mass is 10.1.